The topological polar surface area (TPSA) is 142 Å². The smallest absolute Gasteiger partial charge is 0.394 e. The Balaban J connectivity index is 0.000000265. The van der Waals surface area contributed by atoms with Gasteiger partial charge in [0, 0.05) is 43.5 Å². The van der Waals surface area contributed by atoms with Gasteiger partial charge in [-0.1, -0.05) is 6.07 Å². The molecule has 3 heterocycles. The van der Waals surface area contributed by atoms with E-state index in [4.69, 9.17) is 4.98 Å². The molecule has 0 saturated heterocycles. The summed E-state index contributed by atoms with van der Waals surface area (Å²) in [5.74, 6) is 1.97. The van der Waals surface area contributed by atoms with E-state index in [1.54, 1.807) is 6.20 Å². The first-order valence-corrected chi connectivity index (χ1v) is 14.1. The number of carbonyl (C=O) groups excluding carboxylic acids is 2. The maximum absolute atomic E-state index is 11.9. The number of anilines is 3. The third kappa shape index (κ3) is 10.6. The minimum atomic E-state index is -4.48. The zero-order valence-corrected chi connectivity index (χ0v) is 25.4. The normalized spacial score (nSPS) is 12.8. The molecule has 0 amide bonds. The van der Waals surface area contributed by atoms with Gasteiger partial charge in [0.15, 0.2) is 6.29 Å². The van der Waals surface area contributed by atoms with Gasteiger partial charge < -0.3 is 25.9 Å². The molecule has 4 N–H and O–H groups in total. The summed E-state index contributed by atoms with van der Waals surface area (Å²) in [5, 5.41) is 25.2. The zero-order chi connectivity index (χ0) is 33.0. The molecule has 1 atom stereocenters. The Morgan fingerprint density at radius 1 is 1.00 bits per heavy atom. The van der Waals surface area contributed by atoms with Gasteiger partial charge in [0.1, 0.15) is 23.6 Å². The number of aryl methyl sites for hydroxylation is 1. The first-order chi connectivity index (χ1) is 21.5. The van der Waals surface area contributed by atoms with Gasteiger partial charge in [-0.2, -0.15) is 18.3 Å². The SMILES string of the molecule is CNc1ccc(C)c(-c2cc(NC(C)CO)nc(-c3ccnc(NC)c3)c2)c1.O=CC1CC1.O=Cc1cc(C(F)(F)F)cnn1. The number of pyridine rings is 2. The number of rotatable bonds is 9. The van der Waals surface area contributed by atoms with E-state index >= 15 is 0 Å². The van der Waals surface area contributed by atoms with Crippen molar-refractivity contribution in [2.45, 2.75) is 38.9 Å². The lowest BCUT2D eigenvalue weighted by Gasteiger charge is -2.16. The van der Waals surface area contributed by atoms with Crippen molar-refractivity contribution in [2.75, 3.05) is 36.7 Å². The molecule has 0 spiro atoms. The second kappa shape index (κ2) is 16.2. The van der Waals surface area contributed by atoms with Crippen LogP contribution in [0.15, 0.2) is 60.9 Å². The molecule has 45 heavy (non-hydrogen) atoms. The largest absolute Gasteiger partial charge is 0.418 e. The number of carbonyl (C=O) groups is 2. The fraction of sp³-hybridized carbons (Fsp3) is 0.312. The Kier molecular flexibility index (Phi) is 12.5. The van der Waals surface area contributed by atoms with Crippen molar-refractivity contribution in [1.82, 2.24) is 20.2 Å². The third-order valence-electron chi connectivity index (χ3n) is 6.58. The second-order valence-electron chi connectivity index (χ2n) is 10.3. The number of hydrogen-bond acceptors (Lipinski definition) is 10. The molecule has 0 aliphatic heterocycles. The van der Waals surface area contributed by atoms with Gasteiger partial charge in [-0.15, -0.1) is 5.10 Å². The molecule has 4 aromatic rings. The van der Waals surface area contributed by atoms with Crippen molar-refractivity contribution in [1.29, 1.82) is 0 Å². The Morgan fingerprint density at radius 3 is 2.31 bits per heavy atom. The maximum Gasteiger partial charge on any atom is 0.418 e. The van der Waals surface area contributed by atoms with Crippen LogP contribution in [0.4, 0.5) is 30.5 Å². The lowest BCUT2D eigenvalue weighted by Crippen LogP contribution is -2.20. The molecular formula is C32H36F3N7O3. The van der Waals surface area contributed by atoms with E-state index in [0.717, 1.165) is 58.8 Å². The number of aliphatic hydroxyl groups excluding tert-OH is 1. The number of aldehydes is 2. The van der Waals surface area contributed by atoms with E-state index in [9.17, 15) is 27.9 Å². The highest BCUT2D eigenvalue weighted by Gasteiger charge is 2.31. The second-order valence-corrected chi connectivity index (χ2v) is 10.3. The average molecular weight is 624 g/mol. The van der Waals surface area contributed by atoms with Crippen LogP contribution in [0, 0.1) is 12.8 Å². The fourth-order valence-electron chi connectivity index (χ4n) is 3.85. The average Bonchev–Trinajstić information content (AvgIpc) is 3.90. The maximum atomic E-state index is 11.9. The van der Waals surface area contributed by atoms with Crippen molar-refractivity contribution < 1.29 is 27.9 Å². The lowest BCUT2D eigenvalue weighted by atomic mass is 9.98. The third-order valence-corrected chi connectivity index (χ3v) is 6.58. The van der Waals surface area contributed by atoms with Gasteiger partial charge in [-0.25, -0.2) is 9.97 Å². The van der Waals surface area contributed by atoms with E-state index in [-0.39, 0.29) is 24.6 Å². The number of benzene rings is 1. The highest BCUT2D eigenvalue weighted by Crippen LogP contribution is 2.32. The van der Waals surface area contributed by atoms with Crippen LogP contribution in [0.2, 0.25) is 0 Å². The summed E-state index contributed by atoms with van der Waals surface area (Å²) in [6.45, 7) is 4.06. The van der Waals surface area contributed by atoms with Crippen LogP contribution in [-0.4, -0.2) is 64.6 Å². The van der Waals surface area contributed by atoms with Crippen LogP contribution in [0.1, 0.15) is 41.4 Å². The highest BCUT2D eigenvalue weighted by atomic mass is 19.4. The molecule has 1 unspecified atom stereocenters. The van der Waals surface area contributed by atoms with Crippen LogP contribution in [0.5, 0.6) is 0 Å². The summed E-state index contributed by atoms with van der Waals surface area (Å²) in [4.78, 5) is 28.6. The van der Waals surface area contributed by atoms with Gasteiger partial charge in [-0.05, 0) is 85.8 Å². The molecule has 13 heteroatoms. The fourth-order valence-corrected chi connectivity index (χ4v) is 3.85. The van der Waals surface area contributed by atoms with Gasteiger partial charge in [0.2, 0.25) is 0 Å². The van der Waals surface area contributed by atoms with E-state index < -0.39 is 11.7 Å². The van der Waals surface area contributed by atoms with Gasteiger partial charge >= 0.3 is 6.18 Å². The number of hydrogen-bond donors (Lipinski definition) is 4. The van der Waals surface area contributed by atoms with E-state index in [1.807, 2.05) is 39.2 Å². The predicted octanol–water partition coefficient (Wildman–Crippen LogP) is 5.90. The molecule has 1 aliphatic carbocycles. The number of aliphatic hydroxyl groups is 1. The summed E-state index contributed by atoms with van der Waals surface area (Å²) in [7, 11) is 3.76. The molecule has 1 fully saturated rings. The monoisotopic (exact) mass is 623 g/mol. The summed E-state index contributed by atoms with van der Waals surface area (Å²) >= 11 is 0. The zero-order valence-electron chi connectivity index (χ0n) is 25.4. The van der Waals surface area contributed by atoms with E-state index in [1.165, 1.54) is 5.56 Å². The minimum Gasteiger partial charge on any atom is -0.394 e. The van der Waals surface area contributed by atoms with E-state index in [0.29, 0.717) is 18.2 Å². The van der Waals surface area contributed by atoms with Crippen molar-refractivity contribution in [3.63, 3.8) is 0 Å². The van der Waals surface area contributed by atoms with Gasteiger partial charge in [0.05, 0.1) is 24.1 Å². The summed E-state index contributed by atoms with van der Waals surface area (Å²) in [5.41, 5.74) is 4.96. The summed E-state index contributed by atoms with van der Waals surface area (Å²) < 4.78 is 35.8. The van der Waals surface area contributed by atoms with E-state index in [2.05, 4.69) is 62.3 Å². The number of nitrogens with zero attached hydrogens (tertiary/aromatic N) is 4. The number of alkyl halides is 3. The number of aromatic nitrogens is 4. The molecule has 10 nitrogen and oxygen atoms in total. The summed E-state index contributed by atoms with van der Waals surface area (Å²) in [6, 6.07) is 14.9. The van der Waals surface area contributed by atoms with Crippen LogP contribution in [0.25, 0.3) is 22.4 Å². The molecule has 0 bridgehead atoms. The van der Waals surface area contributed by atoms with Crippen LogP contribution in [-0.2, 0) is 11.0 Å². The van der Waals surface area contributed by atoms with Crippen LogP contribution < -0.4 is 16.0 Å². The Bertz CT molecular complexity index is 1580. The first-order valence-electron chi connectivity index (χ1n) is 14.1. The first kappa shape index (κ1) is 34.6. The molecule has 238 valence electrons. The lowest BCUT2D eigenvalue weighted by molar-refractivity contribution is -0.138. The highest BCUT2D eigenvalue weighted by molar-refractivity contribution is 5.78. The Labute approximate surface area is 259 Å². The van der Waals surface area contributed by atoms with Crippen molar-refractivity contribution in [3.8, 4) is 22.4 Å². The summed E-state index contributed by atoms with van der Waals surface area (Å²) in [6.07, 6.45) is 1.38. The Hall–Kier alpha value is -4.91. The quantitative estimate of drug-likeness (QED) is 0.167. The molecular weight excluding hydrogens is 587 g/mol. The van der Waals surface area contributed by atoms with Crippen LogP contribution >= 0.6 is 0 Å². The minimum absolute atomic E-state index is 0.0364. The van der Waals surface area contributed by atoms with Crippen LogP contribution in [0.3, 0.4) is 0 Å². The van der Waals surface area contributed by atoms with Crippen molar-refractivity contribution in [2.24, 2.45) is 5.92 Å². The number of halogens is 3. The molecule has 0 radical (unpaired) electrons. The standard InChI is InChI=1S/C22H27N5O.C6H3F3N2O.C4H6O/c1-14-5-6-18(23-3)12-19(14)17-9-20(16-7-8-25-21(10-16)24-4)27-22(11-17)26-15(2)13-28;7-6(8,9)4-1-5(3-12)11-10-2-4;5-3-4-1-2-4/h5-12,15,23,28H,13H2,1-4H3,(H,24,25)(H,26,27);1-3H;3-4H,1-2H2. The molecule has 5 rings (SSSR count). The molecule has 1 saturated carbocycles. The number of nitrogens with one attached hydrogen (secondary N) is 3. The Morgan fingerprint density at radius 2 is 1.73 bits per heavy atom. The molecule has 3 aromatic heterocycles. The van der Waals surface area contributed by atoms with Gasteiger partial charge in [0.25, 0.3) is 0 Å². The predicted molar refractivity (Wildman–Crippen MR) is 168 cm³/mol. The molecule has 1 aliphatic rings. The molecule has 1 aromatic carbocycles. The van der Waals surface area contributed by atoms with Crippen molar-refractivity contribution >= 4 is 29.9 Å². The van der Waals surface area contributed by atoms with Gasteiger partial charge in [-0.3, -0.25) is 4.79 Å². The van der Waals surface area contributed by atoms with Crippen molar-refractivity contribution in [3.05, 3.63) is 77.7 Å².